The molecule has 116 valence electrons. The molecule has 1 N–H and O–H groups in total. The molecule has 1 fully saturated rings. The molecule has 1 aromatic rings. The molecule has 2 rings (SSSR count). The van der Waals surface area contributed by atoms with E-state index in [1.54, 1.807) is 12.1 Å². The highest BCUT2D eigenvalue weighted by Crippen LogP contribution is 2.19. The second kappa shape index (κ2) is 6.53. The van der Waals surface area contributed by atoms with Crippen LogP contribution in [0.3, 0.4) is 0 Å². The van der Waals surface area contributed by atoms with E-state index in [2.05, 4.69) is 5.32 Å². The molecule has 1 aliphatic rings. The first kappa shape index (κ1) is 15.9. The first-order valence-electron chi connectivity index (χ1n) is 6.83. The van der Waals surface area contributed by atoms with Gasteiger partial charge in [0, 0.05) is 19.6 Å². The van der Waals surface area contributed by atoms with Crippen molar-refractivity contribution in [1.82, 2.24) is 9.62 Å². The Morgan fingerprint density at radius 2 is 2.24 bits per heavy atom. The van der Waals surface area contributed by atoms with Crippen LogP contribution in [-0.2, 0) is 21.4 Å². The lowest BCUT2D eigenvalue weighted by Crippen LogP contribution is -2.44. The molecule has 0 saturated carbocycles. The molecular weight excluding hydrogens is 295 g/mol. The summed E-state index contributed by atoms with van der Waals surface area (Å²) in [5.74, 6) is -0.877. The lowest BCUT2D eigenvalue weighted by molar-refractivity contribution is -0.126. The van der Waals surface area contributed by atoms with Crippen LogP contribution in [0.5, 0.6) is 0 Å². The number of halogens is 1. The van der Waals surface area contributed by atoms with Crippen molar-refractivity contribution in [3.63, 3.8) is 0 Å². The molecule has 0 unspecified atom stereocenters. The Morgan fingerprint density at radius 3 is 2.90 bits per heavy atom. The van der Waals surface area contributed by atoms with Crippen LogP contribution in [0.25, 0.3) is 0 Å². The second-order valence-corrected chi connectivity index (χ2v) is 7.29. The molecule has 0 radical (unpaired) electrons. The summed E-state index contributed by atoms with van der Waals surface area (Å²) in [6.45, 7) is 0.923. The van der Waals surface area contributed by atoms with Crippen LogP contribution >= 0.6 is 0 Å². The summed E-state index contributed by atoms with van der Waals surface area (Å²) in [4.78, 5) is 12.1. The fourth-order valence-corrected chi connectivity index (χ4v) is 3.35. The molecule has 0 bridgehead atoms. The van der Waals surface area contributed by atoms with E-state index >= 15 is 0 Å². The molecule has 1 aliphatic heterocycles. The zero-order valence-electron chi connectivity index (χ0n) is 11.9. The van der Waals surface area contributed by atoms with Crippen LogP contribution in [0.2, 0.25) is 0 Å². The van der Waals surface area contributed by atoms with Crippen LogP contribution < -0.4 is 5.32 Å². The Morgan fingerprint density at radius 1 is 1.48 bits per heavy atom. The lowest BCUT2D eigenvalue weighted by atomic mass is 9.99. The minimum atomic E-state index is -3.26. The van der Waals surface area contributed by atoms with Crippen molar-refractivity contribution in [2.24, 2.45) is 5.92 Å². The molecule has 1 atom stereocenters. The molecule has 5 nitrogen and oxygen atoms in total. The largest absolute Gasteiger partial charge is 0.352 e. The Labute approximate surface area is 124 Å². The van der Waals surface area contributed by atoms with E-state index in [-0.39, 0.29) is 30.7 Å². The van der Waals surface area contributed by atoms with Gasteiger partial charge in [0.25, 0.3) is 0 Å². The summed E-state index contributed by atoms with van der Waals surface area (Å²) in [5.41, 5.74) is 0.680. The summed E-state index contributed by atoms with van der Waals surface area (Å²) in [5, 5.41) is 2.74. The van der Waals surface area contributed by atoms with Crippen molar-refractivity contribution in [2.45, 2.75) is 19.4 Å². The van der Waals surface area contributed by atoms with Gasteiger partial charge in [0.05, 0.1) is 12.2 Å². The van der Waals surface area contributed by atoms with Gasteiger partial charge in [-0.15, -0.1) is 0 Å². The van der Waals surface area contributed by atoms with Crippen LogP contribution in [0, 0.1) is 11.7 Å². The van der Waals surface area contributed by atoms with Gasteiger partial charge in [-0.3, -0.25) is 4.79 Å². The molecule has 7 heteroatoms. The van der Waals surface area contributed by atoms with Crippen LogP contribution in [-0.4, -0.2) is 38.0 Å². The predicted octanol–water partition coefficient (Wildman–Crippen LogP) is 1.11. The van der Waals surface area contributed by atoms with Gasteiger partial charge in [-0.2, -0.15) is 0 Å². The second-order valence-electron chi connectivity index (χ2n) is 5.31. The average Bonchev–Trinajstić information content (AvgIpc) is 2.44. The fraction of sp³-hybridized carbons (Fsp3) is 0.500. The maximum Gasteiger partial charge on any atom is 0.224 e. The number of amides is 1. The number of piperidine rings is 1. The van der Waals surface area contributed by atoms with E-state index < -0.39 is 10.0 Å². The number of nitrogens with zero attached hydrogens (tertiary/aromatic N) is 1. The topological polar surface area (TPSA) is 66.5 Å². The number of nitrogens with one attached hydrogen (secondary N) is 1. The quantitative estimate of drug-likeness (QED) is 0.905. The highest BCUT2D eigenvalue weighted by molar-refractivity contribution is 7.88. The van der Waals surface area contributed by atoms with Crippen molar-refractivity contribution in [2.75, 3.05) is 19.3 Å². The normalized spacial score (nSPS) is 20.2. The summed E-state index contributed by atoms with van der Waals surface area (Å²) in [6, 6.07) is 6.02. The molecule has 1 saturated heterocycles. The van der Waals surface area contributed by atoms with Crippen molar-refractivity contribution in [3.8, 4) is 0 Å². The Hall–Kier alpha value is -1.47. The first-order valence-corrected chi connectivity index (χ1v) is 8.68. The van der Waals surface area contributed by atoms with E-state index in [0.29, 0.717) is 24.9 Å². The van der Waals surface area contributed by atoms with Gasteiger partial charge in [0.2, 0.25) is 15.9 Å². The zero-order chi connectivity index (χ0) is 15.5. The minimum absolute atomic E-state index is 0.187. The Balaban J connectivity index is 1.91. The van der Waals surface area contributed by atoms with Crippen molar-refractivity contribution in [1.29, 1.82) is 0 Å². The smallest absolute Gasteiger partial charge is 0.224 e. The Kier molecular flexibility index (Phi) is 4.95. The minimum Gasteiger partial charge on any atom is -0.352 e. The number of sulfonamides is 1. The van der Waals surface area contributed by atoms with Crippen LogP contribution in [0.4, 0.5) is 4.39 Å². The molecule has 1 amide bonds. The van der Waals surface area contributed by atoms with Gasteiger partial charge < -0.3 is 5.32 Å². The highest BCUT2D eigenvalue weighted by atomic mass is 32.2. The molecular formula is C14H19FN2O3S. The molecule has 1 aromatic carbocycles. The third-order valence-corrected chi connectivity index (χ3v) is 4.85. The van der Waals surface area contributed by atoms with Gasteiger partial charge in [-0.25, -0.2) is 17.1 Å². The maximum absolute atomic E-state index is 13.0. The molecule has 0 aliphatic carbocycles. The summed E-state index contributed by atoms with van der Waals surface area (Å²) in [6.07, 6.45) is 2.49. The van der Waals surface area contributed by atoms with Crippen molar-refractivity contribution in [3.05, 3.63) is 35.6 Å². The first-order chi connectivity index (χ1) is 9.86. The summed E-state index contributed by atoms with van der Waals surface area (Å²) in [7, 11) is -3.26. The molecule has 21 heavy (non-hydrogen) atoms. The van der Waals surface area contributed by atoms with Gasteiger partial charge in [0.1, 0.15) is 5.82 Å². The maximum atomic E-state index is 13.0. The standard InChI is InChI=1S/C14H19FN2O3S/c1-21(19,20)17-7-3-5-12(10-17)14(18)16-9-11-4-2-6-13(15)8-11/h2,4,6,8,12H,3,5,7,9-10H2,1H3,(H,16,18)/t12-/m1/s1. The fourth-order valence-electron chi connectivity index (χ4n) is 2.44. The number of benzene rings is 1. The number of carbonyl (C=O) groups excluding carboxylic acids is 1. The number of carbonyl (C=O) groups is 1. The lowest BCUT2D eigenvalue weighted by Gasteiger charge is -2.30. The summed E-state index contributed by atoms with van der Waals surface area (Å²) >= 11 is 0. The van der Waals surface area contributed by atoms with E-state index in [1.165, 1.54) is 16.4 Å². The van der Waals surface area contributed by atoms with E-state index in [1.807, 2.05) is 0 Å². The van der Waals surface area contributed by atoms with Crippen LogP contribution in [0.15, 0.2) is 24.3 Å². The molecule has 0 aromatic heterocycles. The van der Waals surface area contributed by atoms with Gasteiger partial charge >= 0.3 is 0 Å². The SMILES string of the molecule is CS(=O)(=O)N1CCC[C@@H](C(=O)NCc2cccc(F)c2)C1. The number of hydrogen-bond donors (Lipinski definition) is 1. The van der Waals surface area contributed by atoms with Crippen molar-refractivity contribution < 1.29 is 17.6 Å². The average molecular weight is 314 g/mol. The summed E-state index contributed by atoms with van der Waals surface area (Å²) < 4.78 is 37.4. The van der Waals surface area contributed by atoms with E-state index in [4.69, 9.17) is 0 Å². The van der Waals surface area contributed by atoms with Gasteiger partial charge in [0.15, 0.2) is 0 Å². The molecule has 1 heterocycles. The van der Waals surface area contributed by atoms with Crippen molar-refractivity contribution >= 4 is 15.9 Å². The molecule has 0 spiro atoms. The van der Waals surface area contributed by atoms with Gasteiger partial charge in [-0.1, -0.05) is 12.1 Å². The third-order valence-electron chi connectivity index (χ3n) is 3.58. The van der Waals surface area contributed by atoms with Crippen LogP contribution in [0.1, 0.15) is 18.4 Å². The van der Waals surface area contributed by atoms with E-state index in [0.717, 1.165) is 6.26 Å². The third kappa shape index (κ3) is 4.50. The van der Waals surface area contributed by atoms with Gasteiger partial charge in [-0.05, 0) is 30.5 Å². The zero-order valence-corrected chi connectivity index (χ0v) is 12.7. The Bertz CT molecular complexity index is 618. The number of hydrogen-bond acceptors (Lipinski definition) is 3. The number of rotatable bonds is 4. The monoisotopic (exact) mass is 314 g/mol. The highest BCUT2D eigenvalue weighted by Gasteiger charge is 2.29. The van der Waals surface area contributed by atoms with E-state index in [9.17, 15) is 17.6 Å². The predicted molar refractivity (Wildman–Crippen MR) is 77.4 cm³/mol.